The summed E-state index contributed by atoms with van der Waals surface area (Å²) in [6.45, 7) is 6.33. The number of hydrogen-bond donors (Lipinski definition) is 1. The van der Waals surface area contributed by atoms with Crippen LogP contribution in [0.4, 0.5) is 5.69 Å². The molecule has 1 aliphatic rings. The molecule has 1 aliphatic carbocycles. The Morgan fingerprint density at radius 3 is 2.47 bits per heavy atom. The van der Waals surface area contributed by atoms with Crippen molar-refractivity contribution in [2.45, 2.75) is 45.6 Å². The Labute approximate surface area is 121 Å². The Morgan fingerprint density at radius 2 is 1.84 bits per heavy atom. The van der Waals surface area contributed by atoms with Gasteiger partial charge in [0.15, 0.2) is 0 Å². The summed E-state index contributed by atoms with van der Waals surface area (Å²) >= 11 is 5.85. The van der Waals surface area contributed by atoms with E-state index in [9.17, 15) is 0 Å². The summed E-state index contributed by atoms with van der Waals surface area (Å²) in [5.41, 5.74) is 1.61. The fraction of sp³-hybridized carbons (Fsp3) is 0.625. The Balaban J connectivity index is 1.61. The van der Waals surface area contributed by atoms with Gasteiger partial charge in [0.25, 0.3) is 0 Å². The Kier molecular flexibility index (Phi) is 5.12. The standard InChI is InChI=1S/C16H24ClNO/c1-16(2)9-7-15(8-10-16)19-12-11-18-14-5-3-13(17)4-6-14/h3-6,15,18H,7-12H2,1-2H3. The molecule has 1 fully saturated rings. The third-order valence-electron chi connectivity index (χ3n) is 3.92. The molecule has 106 valence electrons. The monoisotopic (exact) mass is 281 g/mol. The van der Waals surface area contributed by atoms with Crippen molar-refractivity contribution in [1.29, 1.82) is 0 Å². The van der Waals surface area contributed by atoms with Crippen molar-refractivity contribution in [3.05, 3.63) is 29.3 Å². The van der Waals surface area contributed by atoms with E-state index in [0.717, 1.165) is 23.9 Å². The number of rotatable bonds is 5. The topological polar surface area (TPSA) is 21.3 Å². The van der Waals surface area contributed by atoms with Crippen molar-refractivity contribution in [1.82, 2.24) is 0 Å². The molecule has 0 aromatic heterocycles. The van der Waals surface area contributed by atoms with Crippen LogP contribution in [0.15, 0.2) is 24.3 Å². The molecule has 1 aromatic rings. The van der Waals surface area contributed by atoms with E-state index in [-0.39, 0.29) is 0 Å². The lowest BCUT2D eigenvalue weighted by molar-refractivity contribution is 0.00945. The van der Waals surface area contributed by atoms with Gasteiger partial charge in [-0.15, -0.1) is 0 Å². The summed E-state index contributed by atoms with van der Waals surface area (Å²) in [4.78, 5) is 0. The zero-order valence-electron chi connectivity index (χ0n) is 11.9. The third-order valence-corrected chi connectivity index (χ3v) is 4.17. The zero-order valence-corrected chi connectivity index (χ0v) is 12.7. The van der Waals surface area contributed by atoms with Gasteiger partial charge in [-0.3, -0.25) is 0 Å². The van der Waals surface area contributed by atoms with Gasteiger partial charge in [0.2, 0.25) is 0 Å². The van der Waals surface area contributed by atoms with Crippen molar-refractivity contribution in [3.8, 4) is 0 Å². The van der Waals surface area contributed by atoms with Crippen molar-refractivity contribution < 1.29 is 4.74 Å². The minimum Gasteiger partial charge on any atom is -0.383 e. The number of halogens is 1. The molecular weight excluding hydrogens is 258 g/mol. The highest BCUT2D eigenvalue weighted by atomic mass is 35.5. The Bertz CT molecular complexity index is 378. The van der Waals surface area contributed by atoms with E-state index in [1.165, 1.54) is 25.7 Å². The normalized spacial score (nSPS) is 19.3. The quantitative estimate of drug-likeness (QED) is 0.787. The average Bonchev–Trinajstić information content (AvgIpc) is 2.38. The Hall–Kier alpha value is -0.730. The molecule has 1 aromatic carbocycles. The minimum atomic E-state index is 0.458. The number of hydrogen-bond acceptors (Lipinski definition) is 2. The second kappa shape index (κ2) is 6.62. The maximum atomic E-state index is 5.93. The van der Waals surface area contributed by atoms with E-state index in [4.69, 9.17) is 16.3 Å². The molecule has 3 heteroatoms. The maximum absolute atomic E-state index is 5.93. The molecule has 0 unspecified atom stereocenters. The molecule has 0 spiro atoms. The molecule has 0 radical (unpaired) electrons. The van der Waals surface area contributed by atoms with Gasteiger partial charge in [-0.1, -0.05) is 25.4 Å². The molecular formula is C16H24ClNO. The molecule has 2 rings (SSSR count). The first kappa shape index (κ1) is 14.7. The average molecular weight is 282 g/mol. The van der Waals surface area contributed by atoms with Crippen LogP contribution in [0.2, 0.25) is 5.02 Å². The molecule has 0 atom stereocenters. The summed E-state index contributed by atoms with van der Waals surface area (Å²) in [7, 11) is 0. The summed E-state index contributed by atoms with van der Waals surface area (Å²) < 4.78 is 5.93. The highest BCUT2D eigenvalue weighted by Crippen LogP contribution is 2.36. The lowest BCUT2D eigenvalue weighted by atomic mass is 9.76. The lowest BCUT2D eigenvalue weighted by Gasteiger charge is -2.34. The molecule has 1 saturated carbocycles. The zero-order chi connectivity index (χ0) is 13.7. The predicted molar refractivity (Wildman–Crippen MR) is 81.9 cm³/mol. The minimum absolute atomic E-state index is 0.458. The van der Waals surface area contributed by atoms with Crippen molar-refractivity contribution in [2.24, 2.45) is 5.41 Å². The Morgan fingerprint density at radius 1 is 1.21 bits per heavy atom. The molecule has 2 nitrogen and oxygen atoms in total. The van der Waals surface area contributed by atoms with Gasteiger partial charge in [-0.2, -0.15) is 0 Å². The van der Waals surface area contributed by atoms with Gasteiger partial charge in [0, 0.05) is 17.3 Å². The SMILES string of the molecule is CC1(C)CCC(OCCNc2ccc(Cl)cc2)CC1. The third kappa shape index (κ3) is 5.04. The largest absolute Gasteiger partial charge is 0.383 e. The van der Waals surface area contributed by atoms with Crippen molar-refractivity contribution >= 4 is 17.3 Å². The summed E-state index contributed by atoms with van der Waals surface area (Å²) in [6, 6.07) is 7.78. The van der Waals surface area contributed by atoms with Crippen LogP contribution < -0.4 is 5.32 Å². The fourth-order valence-corrected chi connectivity index (χ4v) is 2.65. The van der Waals surface area contributed by atoms with Crippen LogP contribution in [0.1, 0.15) is 39.5 Å². The smallest absolute Gasteiger partial charge is 0.0642 e. The first-order valence-electron chi connectivity index (χ1n) is 7.16. The predicted octanol–water partition coefficient (Wildman–Crippen LogP) is 4.74. The van der Waals surface area contributed by atoms with Crippen LogP contribution in [0.5, 0.6) is 0 Å². The van der Waals surface area contributed by atoms with Gasteiger partial charge in [-0.25, -0.2) is 0 Å². The van der Waals surface area contributed by atoms with Gasteiger partial charge in [0.1, 0.15) is 0 Å². The van der Waals surface area contributed by atoms with Crippen molar-refractivity contribution in [2.75, 3.05) is 18.5 Å². The first-order chi connectivity index (χ1) is 9.05. The van der Waals surface area contributed by atoms with E-state index in [0.29, 0.717) is 11.5 Å². The lowest BCUT2D eigenvalue weighted by Crippen LogP contribution is -2.27. The molecule has 19 heavy (non-hydrogen) atoms. The fourth-order valence-electron chi connectivity index (χ4n) is 2.53. The van der Waals surface area contributed by atoms with Crippen LogP contribution in [0, 0.1) is 5.41 Å². The second-order valence-electron chi connectivity index (χ2n) is 6.17. The van der Waals surface area contributed by atoms with Gasteiger partial charge in [0.05, 0.1) is 12.7 Å². The molecule has 0 bridgehead atoms. The molecule has 0 saturated heterocycles. The van der Waals surface area contributed by atoms with E-state index >= 15 is 0 Å². The molecule has 0 heterocycles. The number of nitrogens with one attached hydrogen (secondary N) is 1. The molecule has 0 amide bonds. The number of anilines is 1. The molecule has 0 aliphatic heterocycles. The van der Waals surface area contributed by atoms with E-state index in [2.05, 4.69) is 19.2 Å². The van der Waals surface area contributed by atoms with E-state index in [1.807, 2.05) is 24.3 Å². The highest BCUT2D eigenvalue weighted by Gasteiger charge is 2.26. The van der Waals surface area contributed by atoms with Crippen LogP contribution in [-0.2, 0) is 4.74 Å². The van der Waals surface area contributed by atoms with Crippen LogP contribution in [0.25, 0.3) is 0 Å². The number of ether oxygens (including phenoxy) is 1. The maximum Gasteiger partial charge on any atom is 0.0642 e. The van der Waals surface area contributed by atoms with Crippen molar-refractivity contribution in [3.63, 3.8) is 0 Å². The van der Waals surface area contributed by atoms with E-state index < -0.39 is 0 Å². The van der Waals surface area contributed by atoms with Crippen LogP contribution >= 0.6 is 11.6 Å². The summed E-state index contributed by atoms with van der Waals surface area (Å²) in [6.07, 6.45) is 5.42. The molecule has 1 N–H and O–H groups in total. The summed E-state index contributed by atoms with van der Waals surface area (Å²) in [5, 5.41) is 4.11. The van der Waals surface area contributed by atoms with Crippen LogP contribution in [-0.4, -0.2) is 19.3 Å². The number of benzene rings is 1. The second-order valence-corrected chi connectivity index (χ2v) is 6.60. The van der Waals surface area contributed by atoms with Gasteiger partial charge >= 0.3 is 0 Å². The van der Waals surface area contributed by atoms with Gasteiger partial charge in [-0.05, 0) is 55.4 Å². The van der Waals surface area contributed by atoms with E-state index in [1.54, 1.807) is 0 Å². The first-order valence-corrected chi connectivity index (χ1v) is 7.54. The van der Waals surface area contributed by atoms with Crippen LogP contribution in [0.3, 0.4) is 0 Å². The highest BCUT2D eigenvalue weighted by molar-refractivity contribution is 6.30. The van der Waals surface area contributed by atoms with Gasteiger partial charge < -0.3 is 10.1 Å². The summed E-state index contributed by atoms with van der Waals surface area (Å²) in [5.74, 6) is 0.